The Labute approximate surface area is 193 Å². The first-order valence-electron chi connectivity index (χ1n) is 7.92. The molecular weight excluding hydrogens is 463 g/mol. The second kappa shape index (κ2) is 8.75. The molecule has 0 atom stereocenters. The average Bonchev–Trinajstić information content (AvgIpc) is 3.14. The van der Waals surface area contributed by atoms with Crippen LogP contribution >= 0.6 is 38.6 Å². The van der Waals surface area contributed by atoms with Crippen LogP contribution in [-0.2, 0) is 20.0 Å². The Kier molecular flexibility index (Phi) is 7.32. The van der Waals surface area contributed by atoms with E-state index in [0.29, 0.717) is 22.7 Å². The monoisotopic (exact) mass is 480 g/mol. The molecule has 0 aromatic carbocycles. The Morgan fingerprint density at radius 3 is 2.48 bits per heavy atom. The fourth-order valence-corrected chi connectivity index (χ4v) is 5.74. The second-order valence-corrected chi connectivity index (χ2v) is 9.34. The SMILES string of the molecule is CC(C)Cn1c(=O)n(C)c(=O)c2c(C(=O)O)c(Cc3sccc3Br)sc21.[NaH]. The van der Waals surface area contributed by atoms with Gasteiger partial charge in [0.05, 0.1) is 10.9 Å². The van der Waals surface area contributed by atoms with Crippen molar-refractivity contribution in [2.45, 2.75) is 26.8 Å². The Balaban J connectivity index is 0.00000261. The molecule has 3 heterocycles. The number of halogens is 1. The zero-order chi connectivity index (χ0) is 19.2. The van der Waals surface area contributed by atoms with Gasteiger partial charge in [0.1, 0.15) is 4.83 Å². The number of carbonyl (C=O) groups is 1. The van der Waals surface area contributed by atoms with E-state index in [1.165, 1.54) is 34.3 Å². The zero-order valence-corrected chi connectivity index (χ0v) is 17.6. The van der Waals surface area contributed by atoms with Crippen LogP contribution in [0.5, 0.6) is 0 Å². The number of hydrogen-bond donors (Lipinski definition) is 1. The third-order valence-corrected chi connectivity index (χ3v) is 7.16. The van der Waals surface area contributed by atoms with Crippen molar-refractivity contribution in [1.82, 2.24) is 9.13 Å². The van der Waals surface area contributed by atoms with Gasteiger partial charge >= 0.3 is 41.2 Å². The quantitative estimate of drug-likeness (QED) is 0.569. The minimum atomic E-state index is -1.15. The summed E-state index contributed by atoms with van der Waals surface area (Å²) in [6, 6.07) is 1.90. The first-order valence-corrected chi connectivity index (χ1v) is 10.4. The molecule has 0 aliphatic carbocycles. The summed E-state index contributed by atoms with van der Waals surface area (Å²) in [6.45, 7) is 4.36. The molecule has 140 valence electrons. The summed E-state index contributed by atoms with van der Waals surface area (Å²) in [5, 5.41) is 11.8. The number of carboxylic acid groups (broad SMARTS) is 1. The molecule has 6 nitrogen and oxygen atoms in total. The Morgan fingerprint density at radius 2 is 1.96 bits per heavy atom. The number of aromatic carboxylic acids is 1. The fourth-order valence-electron chi connectivity index (χ4n) is 2.85. The summed E-state index contributed by atoms with van der Waals surface area (Å²) in [5.41, 5.74) is -0.975. The van der Waals surface area contributed by atoms with E-state index in [1.54, 1.807) is 0 Å². The summed E-state index contributed by atoms with van der Waals surface area (Å²) in [7, 11) is 1.39. The standard InChI is InChI=1S/C17H17BrN2O4S2.Na.H/c1-8(2)7-20-15-13(14(21)19(3)17(20)24)12(16(22)23)11(26-15)6-10-9(18)4-5-25-10;;/h4-5,8H,6-7H2,1-3H3,(H,22,23);;. The van der Waals surface area contributed by atoms with Crippen LogP contribution in [0.15, 0.2) is 25.5 Å². The molecule has 0 fully saturated rings. The average molecular weight is 481 g/mol. The van der Waals surface area contributed by atoms with E-state index >= 15 is 0 Å². The number of carboxylic acids is 1. The van der Waals surface area contributed by atoms with E-state index in [0.717, 1.165) is 13.9 Å². The van der Waals surface area contributed by atoms with Gasteiger partial charge in [-0.05, 0) is 33.3 Å². The van der Waals surface area contributed by atoms with Crippen LogP contribution in [0, 0.1) is 5.92 Å². The molecule has 0 aliphatic heterocycles. The van der Waals surface area contributed by atoms with Gasteiger partial charge in [-0.15, -0.1) is 22.7 Å². The molecule has 0 bridgehead atoms. The first kappa shape index (κ1) is 22.6. The number of aromatic nitrogens is 2. The van der Waals surface area contributed by atoms with E-state index in [9.17, 15) is 19.5 Å². The van der Waals surface area contributed by atoms with E-state index in [1.807, 2.05) is 25.3 Å². The molecule has 1 N–H and O–H groups in total. The zero-order valence-electron chi connectivity index (χ0n) is 14.4. The number of hydrogen-bond acceptors (Lipinski definition) is 5. The molecule has 0 saturated heterocycles. The summed E-state index contributed by atoms with van der Waals surface area (Å²) >= 11 is 6.20. The molecule has 0 radical (unpaired) electrons. The molecule has 3 aromatic rings. The molecule has 0 spiro atoms. The van der Waals surface area contributed by atoms with Crippen LogP contribution in [0.25, 0.3) is 10.2 Å². The first-order chi connectivity index (χ1) is 12.2. The van der Waals surface area contributed by atoms with E-state index in [4.69, 9.17) is 0 Å². The molecule has 3 rings (SSSR count). The third-order valence-electron chi connectivity index (χ3n) is 4.02. The van der Waals surface area contributed by atoms with Crippen molar-refractivity contribution in [3.8, 4) is 0 Å². The summed E-state index contributed by atoms with van der Waals surface area (Å²) < 4.78 is 3.42. The maximum absolute atomic E-state index is 12.7. The predicted octanol–water partition coefficient (Wildman–Crippen LogP) is 2.88. The Morgan fingerprint density at radius 1 is 1.30 bits per heavy atom. The van der Waals surface area contributed by atoms with Crippen molar-refractivity contribution in [2.24, 2.45) is 13.0 Å². The fraction of sp³-hybridized carbons (Fsp3) is 0.353. The molecule has 0 unspecified atom stereocenters. The van der Waals surface area contributed by atoms with E-state index in [2.05, 4.69) is 15.9 Å². The van der Waals surface area contributed by atoms with Gasteiger partial charge < -0.3 is 5.11 Å². The van der Waals surface area contributed by atoms with Crippen molar-refractivity contribution < 1.29 is 9.90 Å². The van der Waals surface area contributed by atoms with Crippen LogP contribution in [0.4, 0.5) is 0 Å². The van der Waals surface area contributed by atoms with Gasteiger partial charge in [0.15, 0.2) is 0 Å². The molecular formula is C17H18BrN2NaO4S2. The third kappa shape index (κ3) is 4.18. The van der Waals surface area contributed by atoms with Gasteiger partial charge in [0, 0.05) is 34.2 Å². The number of nitrogens with zero attached hydrogens (tertiary/aromatic N) is 2. The number of rotatable bonds is 5. The molecule has 10 heteroatoms. The van der Waals surface area contributed by atoms with Gasteiger partial charge in [-0.2, -0.15) is 0 Å². The van der Waals surface area contributed by atoms with Crippen molar-refractivity contribution in [3.05, 3.63) is 52.1 Å². The van der Waals surface area contributed by atoms with Crippen molar-refractivity contribution in [1.29, 1.82) is 0 Å². The van der Waals surface area contributed by atoms with Crippen LogP contribution in [-0.4, -0.2) is 49.8 Å². The van der Waals surface area contributed by atoms with Gasteiger partial charge in [-0.25, -0.2) is 9.59 Å². The van der Waals surface area contributed by atoms with Crippen LogP contribution in [0.1, 0.15) is 34.0 Å². The predicted molar refractivity (Wildman–Crippen MR) is 115 cm³/mol. The molecule has 0 aliphatic rings. The van der Waals surface area contributed by atoms with Crippen LogP contribution in [0.3, 0.4) is 0 Å². The number of fused-ring (bicyclic) bond motifs is 1. The van der Waals surface area contributed by atoms with Gasteiger partial charge in [-0.3, -0.25) is 13.9 Å². The van der Waals surface area contributed by atoms with E-state index < -0.39 is 17.2 Å². The Hall–Kier alpha value is -0.710. The van der Waals surface area contributed by atoms with Crippen molar-refractivity contribution in [3.63, 3.8) is 0 Å². The molecule has 0 saturated carbocycles. The summed E-state index contributed by atoms with van der Waals surface area (Å²) in [4.78, 5) is 39.2. The van der Waals surface area contributed by atoms with E-state index in [-0.39, 0.29) is 46.4 Å². The maximum atomic E-state index is 12.7. The molecule has 3 aromatic heterocycles. The van der Waals surface area contributed by atoms with Gasteiger partial charge in [-0.1, -0.05) is 13.8 Å². The van der Waals surface area contributed by atoms with Crippen molar-refractivity contribution in [2.75, 3.05) is 0 Å². The van der Waals surface area contributed by atoms with Gasteiger partial charge in [0.25, 0.3) is 5.56 Å². The van der Waals surface area contributed by atoms with Crippen LogP contribution in [0.2, 0.25) is 0 Å². The topological polar surface area (TPSA) is 81.3 Å². The minimum absolute atomic E-state index is 0. The summed E-state index contributed by atoms with van der Waals surface area (Å²) in [5.74, 6) is -0.968. The normalized spacial score (nSPS) is 11.1. The van der Waals surface area contributed by atoms with Crippen LogP contribution < -0.4 is 11.2 Å². The second-order valence-electron chi connectivity index (χ2n) is 6.41. The molecule has 0 amide bonds. The Bertz CT molecular complexity index is 1130. The van der Waals surface area contributed by atoms with Crippen molar-refractivity contribution >= 4 is 84.3 Å². The number of thiophene rings is 2. The van der Waals surface area contributed by atoms with Gasteiger partial charge in [0.2, 0.25) is 0 Å². The molecule has 27 heavy (non-hydrogen) atoms. The summed E-state index contributed by atoms with van der Waals surface area (Å²) in [6.07, 6.45) is 0.401.